The molecular formula is C14H18N2O4S2. The zero-order valence-corrected chi connectivity index (χ0v) is 14.1. The highest BCUT2D eigenvalue weighted by Gasteiger charge is 2.30. The number of ketones is 1. The third-order valence-corrected chi connectivity index (χ3v) is 4.46. The molecule has 0 saturated heterocycles. The van der Waals surface area contributed by atoms with Gasteiger partial charge in [-0.05, 0) is 10.8 Å². The molecule has 0 aromatic heterocycles. The summed E-state index contributed by atoms with van der Waals surface area (Å²) in [7, 11) is 0. The summed E-state index contributed by atoms with van der Waals surface area (Å²) in [5.74, 6) is -1.96. The van der Waals surface area contributed by atoms with Crippen LogP contribution in [0.4, 0.5) is 0 Å². The molecule has 0 aliphatic carbocycles. The van der Waals surface area contributed by atoms with Crippen LogP contribution in [0, 0.1) is 0 Å². The van der Waals surface area contributed by atoms with Crippen molar-refractivity contribution in [2.75, 3.05) is 11.6 Å². The van der Waals surface area contributed by atoms with Crippen molar-refractivity contribution in [1.82, 2.24) is 10.0 Å². The fraction of sp³-hybridized carbons (Fsp3) is 0.429. The zero-order valence-electron chi connectivity index (χ0n) is 12.5. The first-order chi connectivity index (χ1) is 10.5. The predicted octanol–water partition coefficient (Wildman–Crippen LogP) is 1.94. The monoisotopic (exact) mass is 342 g/mol. The summed E-state index contributed by atoms with van der Waals surface area (Å²) in [5.41, 5.74) is 0. The Kier molecular flexibility index (Phi) is 7.97. The first kappa shape index (κ1) is 18.5. The largest absolute Gasteiger partial charge is 0.298 e. The lowest BCUT2D eigenvalue weighted by Crippen LogP contribution is -2.53. The molecule has 0 unspecified atom stereocenters. The van der Waals surface area contributed by atoms with Crippen LogP contribution in [-0.2, 0) is 19.2 Å². The molecule has 3 amide bonds. The van der Waals surface area contributed by atoms with Gasteiger partial charge in [0.15, 0.2) is 5.78 Å². The number of thioether (sulfide) groups is 2. The van der Waals surface area contributed by atoms with Crippen molar-refractivity contribution in [1.29, 1.82) is 0 Å². The molecular weight excluding hydrogens is 324 g/mol. The van der Waals surface area contributed by atoms with Crippen molar-refractivity contribution in [2.24, 2.45) is 0 Å². The summed E-state index contributed by atoms with van der Waals surface area (Å²) in [6.45, 7) is 2.95. The van der Waals surface area contributed by atoms with E-state index >= 15 is 0 Å². The van der Waals surface area contributed by atoms with Crippen LogP contribution in [-0.4, -0.2) is 45.2 Å². The van der Waals surface area contributed by atoms with Gasteiger partial charge in [0, 0.05) is 30.1 Å². The number of imide groups is 1. The van der Waals surface area contributed by atoms with Gasteiger partial charge >= 0.3 is 0 Å². The first-order valence-corrected chi connectivity index (χ1v) is 8.87. The molecule has 0 aromatic rings. The van der Waals surface area contributed by atoms with Crippen LogP contribution < -0.4 is 0 Å². The maximum atomic E-state index is 12.3. The van der Waals surface area contributed by atoms with E-state index in [1.165, 1.54) is 35.7 Å². The summed E-state index contributed by atoms with van der Waals surface area (Å²) in [6, 6.07) is 0. The van der Waals surface area contributed by atoms with Crippen molar-refractivity contribution in [3.63, 3.8) is 0 Å². The van der Waals surface area contributed by atoms with E-state index in [-0.39, 0.29) is 25.2 Å². The van der Waals surface area contributed by atoms with Gasteiger partial charge in [-0.25, -0.2) is 5.01 Å². The molecule has 0 spiro atoms. The number of nitrogens with zero attached hydrogens (tertiary/aromatic N) is 2. The zero-order chi connectivity index (χ0) is 16.5. The van der Waals surface area contributed by atoms with E-state index in [0.29, 0.717) is 5.08 Å². The average Bonchev–Trinajstić information content (AvgIpc) is 2.54. The highest BCUT2D eigenvalue weighted by atomic mass is 32.2. The fourth-order valence-electron chi connectivity index (χ4n) is 1.54. The number of carbonyl (C=O) groups is 4. The Morgan fingerprint density at radius 2 is 1.64 bits per heavy atom. The van der Waals surface area contributed by atoms with Crippen LogP contribution >= 0.6 is 23.5 Å². The Labute approximate surface area is 137 Å². The molecule has 1 rings (SSSR count). The summed E-state index contributed by atoms with van der Waals surface area (Å²) in [4.78, 5) is 48.3. The molecule has 0 N–H and O–H groups in total. The number of Topliss-reactive ketones (excluding diaryl/α,β-unsaturated/α-hetero) is 1. The SMILES string of the molecule is CCC(=O)CN1C(=O)/C=C/SCS/C=C/C(=O)N1C(=O)CC. The molecule has 6 nitrogen and oxygen atoms in total. The molecule has 0 aromatic carbocycles. The predicted molar refractivity (Wildman–Crippen MR) is 87.5 cm³/mol. The van der Waals surface area contributed by atoms with Crippen LogP contribution in [0.2, 0.25) is 0 Å². The lowest BCUT2D eigenvalue weighted by Gasteiger charge is -2.31. The lowest BCUT2D eigenvalue weighted by atomic mass is 10.3. The Morgan fingerprint density at radius 1 is 1.05 bits per heavy atom. The van der Waals surface area contributed by atoms with E-state index in [4.69, 9.17) is 0 Å². The molecule has 120 valence electrons. The van der Waals surface area contributed by atoms with Gasteiger partial charge in [-0.2, -0.15) is 5.01 Å². The van der Waals surface area contributed by atoms with Gasteiger partial charge in [-0.15, -0.1) is 23.5 Å². The van der Waals surface area contributed by atoms with E-state index in [9.17, 15) is 19.2 Å². The van der Waals surface area contributed by atoms with Crippen molar-refractivity contribution >= 4 is 47.0 Å². The van der Waals surface area contributed by atoms with Crippen LogP contribution in [0.3, 0.4) is 0 Å². The Bertz CT molecular complexity index is 517. The fourth-order valence-corrected chi connectivity index (χ4v) is 2.91. The van der Waals surface area contributed by atoms with Gasteiger partial charge in [0.05, 0.1) is 0 Å². The second-order valence-corrected chi connectivity index (χ2v) is 6.40. The van der Waals surface area contributed by atoms with Gasteiger partial charge in [0.1, 0.15) is 6.54 Å². The van der Waals surface area contributed by atoms with Gasteiger partial charge in [-0.3, -0.25) is 19.2 Å². The van der Waals surface area contributed by atoms with Crippen molar-refractivity contribution in [3.05, 3.63) is 23.0 Å². The van der Waals surface area contributed by atoms with E-state index in [1.807, 2.05) is 0 Å². The van der Waals surface area contributed by atoms with Gasteiger partial charge in [0.2, 0.25) is 5.91 Å². The standard InChI is InChI=1S/C14H18N2O4S2/c1-3-11(17)9-15-13(19)5-7-21-10-22-8-6-14(20)16(15)12(18)4-2/h5-8H,3-4,9-10H2,1-2H3/b7-5+,8-6+. The number of hydrogen-bond acceptors (Lipinski definition) is 6. The molecule has 1 aliphatic heterocycles. The molecule has 8 heteroatoms. The van der Waals surface area contributed by atoms with E-state index in [2.05, 4.69) is 0 Å². The Morgan fingerprint density at radius 3 is 2.18 bits per heavy atom. The van der Waals surface area contributed by atoms with E-state index in [1.54, 1.807) is 24.7 Å². The van der Waals surface area contributed by atoms with Crippen molar-refractivity contribution in [3.8, 4) is 0 Å². The summed E-state index contributed by atoms with van der Waals surface area (Å²) in [5, 5.41) is 5.49. The molecule has 0 bridgehead atoms. The molecule has 1 heterocycles. The maximum absolute atomic E-state index is 12.3. The van der Waals surface area contributed by atoms with Crippen molar-refractivity contribution in [2.45, 2.75) is 26.7 Å². The molecule has 1 aliphatic rings. The quantitative estimate of drug-likeness (QED) is 0.777. The second kappa shape index (κ2) is 9.47. The molecule has 0 fully saturated rings. The van der Waals surface area contributed by atoms with Crippen LogP contribution in [0.5, 0.6) is 0 Å². The van der Waals surface area contributed by atoms with E-state index in [0.717, 1.165) is 10.0 Å². The number of carbonyl (C=O) groups excluding carboxylic acids is 4. The van der Waals surface area contributed by atoms with Crippen LogP contribution in [0.25, 0.3) is 0 Å². The van der Waals surface area contributed by atoms with Crippen molar-refractivity contribution < 1.29 is 19.2 Å². The first-order valence-electron chi connectivity index (χ1n) is 6.77. The second-order valence-electron chi connectivity index (χ2n) is 4.24. The minimum Gasteiger partial charge on any atom is -0.298 e. The number of hydrogen-bond donors (Lipinski definition) is 0. The highest BCUT2D eigenvalue weighted by molar-refractivity contribution is 8.18. The average molecular weight is 342 g/mol. The Hall–Kier alpha value is -1.54. The van der Waals surface area contributed by atoms with Gasteiger partial charge in [-0.1, -0.05) is 13.8 Å². The third-order valence-electron chi connectivity index (χ3n) is 2.71. The van der Waals surface area contributed by atoms with Crippen LogP contribution in [0.15, 0.2) is 23.0 Å². The molecule has 0 radical (unpaired) electrons. The number of rotatable bonds is 4. The summed E-state index contributed by atoms with van der Waals surface area (Å²) < 4.78 is 0. The van der Waals surface area contributed by atoms with Gasteiger partial charge < -0.3 is 0 Å². The summed E-state index contributed by atoms with van der Waals surface area (Å²) >= 11 is 2.77. The van der Waals surface area contributed by atoms with Crippen LogP contribution in [0.1, 0.15) is 26.7 Å². The lowest BCUT2D eigenvalue weighted by molar-refractivity contribution is -0.169. The molecule has 0 atom stereocenters. The number of amides is 3. The molecule has 0 saturated carbocycles. The Balaban J connectivity index is 3.21. The topological polar surface area (TPSA) is 74.8 Å². The normalized spacial score (nSPS) is 19.5. The minimum absolute atomic E-state index is 0.0509. The minimum atomic E-state index is -0.628. The smallest absolute Gasteiger partial charge is 0.272 e. The number of hydrazine groups is 1. The summed E-state index contributed by atoms with van der Waals surface area (Å²) in [6.07, 6.45) is 2.77. The van der Waals surface area contributed by atoms with E-state index < -0.39 is 17.7 Å². The highest BCUT2D eigenvalue weighted by Crippen LogP contribution is 2.17. The van der Waals surface area contributed by atoms with Gasteiger partial charge in [0.25, 0.3) is 11.8 Å². The molecule has 22 heavy (non-hydrogen) atoms. The third kappa shape index (κ3) is 5.34. The maximum Gasteiger partial charge on any atom is 0.272 e.